The molecule has 1 heterocycles. The predicted octanol–water partition coefficient (Wildman–Crippen LogP) is 5.52. The van der Waals surface area contributed by atoms with E-state index in [-0.39, 0.29) is 24.3 Å². The highest BCUT2D eigenvalue weighted by Crippen LogP contribution is 2.29. The molecule has 0 aliphatic carbocycles. The lowest BCUT2D eigenvalue weighted by Gasteiger charge is -2.23. The normalized spacial score (nSPS) is 14.7. The second-order valence-electron chi connectivity index (χ2n) is 10.2. The standard InChI is InChI=1S/C34H34N4O4/c1-2-37-33(39)31(19-24-13-15-28(16-14-24)32(35)36)38(34(37)40)21-27-17-29(41-22-25-9-5-3-6-10-25)20-30(18-27)42-23-26-11-7-4-8-12-26/h3-18,20,31H,2,19,21-23H2,1H3,(H3,35,36)/t31-/m0/s1. The smallest absolute Gasteiger partial charge is 0.327 e. The Hall–Kier alpha value is -5.11. The molecule has 0 saturated carbocycles. The van der Waals surface area contributed by atoms with Gasteiger partial charge in [0.15, 0.2) is 0 Å². The molecule has 0 unspecified atom stereocenters. The van der Waals surface area contributed by atoms with Gasteiger partial charge in [0, 0.05) is 31.1 Å². The van der Waals surface area contributed by atoms with Crippen molar-refractivity contribution in [3.63, 3.8) is 0 Å². The minimum Gasteiger partial charge on any atom is -0.489 e. The van der Waals surface area contributed by atoms with Gasteiger partial charge in [-0.1, -0.05) is 84.9 Å². The van der Waals surface area contributed by atoms with Crippen LogP contribution in [0, 0.1) is 5.41 Å². The number of nitrogens with one attached hydrogen (secondary N) is 1. The van der Waals surface area contributed by atoms with Gasteiger partial charge < -0.3 is 20.1 Å². The molecule has 3 N–H and O–H groups in total. The fourth-order valence-corrected chi connectivity index (χ4v) is 4.97. The van der Waals surface area contributed by atoms with E-state index in [9.17, 15) is 9.59 Å². The zero-order valence-corrected chi connectivity index (χ0v) is 23.5. The third kappa shape index (κ3) is 6.78. The van der Waals surface area contributed by atoms with Crippen LogP contribution >= 0.6 is 0 Å². The van der Waals surface area contributed by atoms with Gasteiger partial charge in [0.25, 0.3) is 5.91 Å². The van der Waals surface area contributed by atoms with Crippen LogP contribution in [0.2, 0.25) is 0 Å². The second kappa shape index (κ2) is 13.0. The summed E-state index contributed by atoms with van der Waals surface area (Å²) in [5, 5.41) is 7.63. The first-order valence-corrected chi connectivity index (χ1v) is 13.9. The van der Waals surface area contributed by atoms with Gasteiger partial charge >= 0.3 is 6.03 Å². The van der Waals surface area contributed by atoms with E-state index >= 15 is 0 Å². The van der Waals surface area contributed by atoms with Crippen molar-refractivity contribution >= 4 is 17.8 Å². The average Bonchev–Trinajstić information content (AvgIpc) is 3.23. The van der Waals surface area contributed by atoms with Crippen LogP contribution in [0.5, 0.6) is 11.5 Å². The number of nitrogens with two attached hydrogens (primary N) is 1. The molecule has 1 saturated heterocycles. The predicted molar refractivity (Wildman–Crippen MR) is 161 cm³/mol. The third-order valence-electron chi connectivity index (χ3n) is 7.20. The average molecular weight is 563 g/mol. The van der Waals surface area contributed by atoms with E-state index < -0.39 is 6.04 Å². The van der Waals surface area contributed by atoms with E-state index in [2.05, 4.69) is 0 Å². The number of ether oxygens (including phenoxy) is 2. The number of hydrogen-bond donors (Lipinski definition) is 2. The number of benzene rings is 4. The van der Waals surface area contributed by atoms with Crippen molar-refractivity contribution in [3.05, 3.63) is 131 Å². The summed E-state index contributed by atoms with van der Waals surface area (Å²) in [6.07, 6.45) is 0.348. The number of likely N-dealkylation sites (N-methyl/N-ethyl adjacent to an activating group) is 1. The van der Waals surface area contributed by atoms with E-state index in [4.69, 9.17) is 20.6 Å². The highest BCUT2D eigenvalue weighted by molar-refractivity contribution is 6.04. The topological polar surface area (TPSA) is 109 Å². The van der Waals surface area contributed by atoms with Crippen molar-refractivity contribution in [3.8, 4) is 11.5 Å². The van der Waals surface area contributed by atoms with Crippen LogP contribution in [0.15, 0.2) is 103 Å². The SMILES string of the molecule is CCN1C(=O)[C@H](Cc2ccc(C(=N)N)cc2)N(Cc2cc(OCc3ccccc3)cc(OCc3ccccc3)c2)C1=O. The van der Waals surface area contributed by atoms with E-state index in [1.165, 1.54) is 4.90 Å². The van der Waals surface area contributed by atoms with E-state index in [1.807, 2.05) is 91.0 Å². The number of imide groups is 1. The highest BCUT2D eigenvalue weighted by Gasteiger charge is 2.44. The summed E-state index contributed by atoms with van der Waals surface area (Å²) in [6, 6.07) is 31.6. The van der Waals surface area contributed by atoms with Crippen molar-refractivity contribution < 1.29 is 19.1 Å². The van der Waals surface area contributed by atoms with Gasteiger partial charge in [-0.3, -0.25) is 15.1 Å². The van der Waals surface area contributed by atoms with Gasteiger partial charge in [0.2, 0.25) is 0 Å². The molecule has 8 heteroatoms. The summed E-state index contributed by atoms with van der Waals surface area (Å²) < 4.78 is 12.3. The highest BCUT2D eigenvalue weighted by atomic mass is 16.5. The molecular formula is C34H34N4O4. The zero-order chi connectivity index (χ0) is 29.5. The first-order valence-electron chi connectivity index (χ1n) is 13.9. The summed E-state index contributed by atoms with van der Waals surface area (Å²) >= 11 is 0. The molecule has 8 nitrogen and oxygen atoms in total. The first-order chi connectivity index (χ1) is 20.4. The minimum atomic E-state index is -0.664. The molecule has 4 aromatic rings. The Bertz CT molecular complexity index is 1480. The van der Waals surface area contributed by atoms with Crippen molar-refractivity contribution in [2.45, 2.75) is 39.1 Å². The Labute approximate surface area is 245 Å². The van der Waals surface area contributed by atoms with Crippen molar-refractivity contribution in [2.24, 2.45) is 5.73 Å². The maximum atomic E-state index is 13.4. The maximum absolute atomic E-state index is 13.4. The third-order valence-corrected chi connectivity index (χ3v) is 7.20. The minimum absolute atomic E-state index is 0.0212. The Morgan fingerprint density at radius 3 is 1.81 bits per heavy atom. The van der Waals surface area contributed by atoms with E-state index in [0.717, 1.165) is 22.3 Å². The van der Waals surface area contributed by atoms with Gasteiger partial charge in [0.05, 0.1) is 0 Å². The lowest BCUT2D eigenvalue weighted by Crippen LogP contribution is -2.36. The van der Waals surface area contributed by atoms with E-state index in [1.54, 1.807) is 24.0 Å². The van der Waals surface area contributed by atoms with Crippen LogP contribution in [0.3, 0.4) is 0 Å². The number of amidine groups is 1. The summed E-state index contributed by atoms with van der Waals surface area (Å²) in [5.41, 5.74) is 9.93. The Morgan fingerprint density at radius 1 is 0.762 bits per heavy atom. The number of amides is 3. The maximum Gasteiger partial charge on any atom is 0.327 e. The molecule has 0 aromatic heterocycles. The summed E-state index contributed by atoms with van der Waals surface area (Å²) in [4.78, 5) is 29.7. The largest absolute Gasteiger partial charge is 0.489 e. The van der Waals surface area contributed by atoms with Crippen molar-refractivity contribution in [1.29, 1.82) is 5.41 Å². The number of nitrogens with zero attached hydrogens (tertiary/aromatic N) is 2. The van der Waals surface area contributed by atoms with Gasteiger partial charge in [-0.05, 0) is 41.3 Å². The Morgan fingerprint density at radius 2 is 1.31 bits per heavy atom. The van der Waals surface area contributed by atoms with Gasteiger partial charge in [-0.15, -0.1) is 0 Å². The molecule has 0 radical (unpaired) electrons. The second-order valence-corrected chi connectivity index (χ2v) is 10.2. The Balaban J connectivity index is 1.40. The number of rotatable bonds is 12. The molecule has 214 valence electrons. The van der Waals surface area contributed by atoms with Crippen LogP contribution in [0.1, 0.15) is 34.7 Å². The van der Waals surface area contributed by atoms with Gasteiger partial charge in [-0.2, -0.15) is 0 Å². The molecule has 4 aromatic carbocycles. The van der Waals surface area contributed by atoms with Crippen LogP contribution < -0.4 is 15.2 Å². The van der Waals surface area contributed by atoms with Crippen LogP contribution in [-0.4, -0.2) is 40.2 Å². The molecule has 0 bridgehead atoms. The number of nitrogen functional groups attached to an aromatic ring is 1. The molecule has 1 atom stereocenters. The van der Waals surface area contributed by atoms with Gasteiger partial charge in [-0.25, -0.2) is 4.79 Å². The monoisotopic (exact) mass is 562 g/mol. The Kier molecular flexibility index (Phi) is 8.82. The molecule has 0 spiro atoms. The first kappa shape index (κ1) is 28.4. The zero-order valence-electron chi connectivity index (χ0n) is 23.5. The molecule has 1 aliphatic rings. The molecular weight excluding hydrogens is 528 g/mol. The van der Waals surface area contributed by atoms with Crippen molar-refractivity contribution in [2.75, 3.05) is 6.54 Å². The number of urea groups is 1. The van der Waals surface area contributed by atoms with E-state index in [0.29, 0.717) is 43.2 Å². The molecule has 1 aliphatic heterocycles. The fourth-order valence-electron chi connectivity index (χ4n) is 4.97. The molecule has 5 rings (SSSR count). The van der Waals surface area contributed by atoms with Gasteiger partial charge in [0.1, 0.15) is 36.6 Å². The number of carbonyl (C=O) groups is 2. The summed E-state index contributed by atoms with van der Waals surface area (Å²) in [6.45, 7) is 3.06. The fraction of sp³-hybridized carbons (Fsp3) is 0.206. The van der Waals surface area contributed by atoms with Crippen LogP contribution in [0.25, 0.3) is 0 Å². The molecule has 3 amide bonds. The summed E-state index contributed by atoms with van der Waals surface area (Å²) in [5.74, 6) is 0.976. The number of carbonyl (C=O) groups excluding carboxylic acids is 2. The molecule has 42 heavy (non-hydrogen) atoms. The lowest BCUT2D eigenvalue weighted by atomic mass is 10.0. The van der Waals surface area contributed by atoms with Crippen LogP contribution in [0.4, 0.5) is 4.79 Å². The van der Waals surface area contributed by atoms with Crippen molar-refractivity contribution in [1.82, 2.24) is 9.80 Å². The quantitative estimate of drug-likeness (QED) is 0.134. The molecule has 1 fully saturated rings. The lowest BCUT2D eigenvalue weighted by molar-refractivity contribution is -0.128. The van der Waals surface area contributed by atoms with Crippen LogP contribution in [-0.2, 0) is 31.0 Å². The number of hydrogen-bond acceptors (Lipinski definition) is 5. The summed E-state index contributed by atoms with van der Waals surface area (Å²) in [7, 11) is 0.